The van der Waals surface area contributed by atoms with Crippen LogP contribution in [0.4, 0.5) is 0 Å². The van der Waals surface area contributed by atoms with E-state index in [-0.39, 0.29) is 5.91 Å². The van der Waals surface area contributed by atoms with E-state index in [4.69, 9.17) is 0 Å². The van der Waals surface area contributed by atoms with Gasteiger partial charge in [-0.15, -0.1) is 17.9 Å². The normalized spacial score (nSPS) is 13.5. The number of amides is 1. The van der Waals surface area contributed by atoms with Gasteiger partial charge in [0.15, 0.2) is 0 Å². The average Bonchev–Trinajstić information content (AvgIpc) is 2.99. The predicted molar refractivity (Wildman–Crippen MR) is 92.3 cm³/mol. The van der Waals surface area contributed by atoms with Crippen molar-refractivity contribution in [2.45, 2.75) is 32.2 Å². The van der Waals surface area contributed by atoms with E-state index in [9.17, 15) is 4.79 Å². The first-order valence-electron chi connectivity index (χ1n) is 7.83. The van der Waals surface area contributed by atoms with Crippen molar-refractivity contribution in [1.29, 1.82) is 0 Å². The maximum atomic E-state index is 12.8. The highest BCUT2D eigenvalue weighted by atomic mass is 32.1. The fourth-order valence-electron chi connectivity index (χ4n) is 2.93. The molecule has 3 rings (SSSR count). The highest BCUT2D eigenvalue weighted by Gasteiger charge is 2.21. The van der Waals surface area contributed by atoms with E-state index in [0.29, 0.717) is 13.1 Å². The number of hydrogen-bond donors (Lipinski definition) is 0. The van der Waals surface area contributed by atoms with Crippen LogP contribution in [-0.2, 0) is 19.4 Å². The number of nitrogens with zero attached hydrogens (tertiary/aromatic N) is 1. The second kappa shape index (κ2) is 6.93. The van der Waals surface area contributed by atoms with Gasteiger partial charge in [0.05, 0.1) is 4.88 Å². The number of carbonyl (C=O) groups is 1. The Kier molecular flexibility index (Phi) is 4.74. The fraction of sp³-hybridized carbons (Fsp3) is 0.316. The summed E-state index contributed by atoms with van der Waals surface area (Å²) in [5.74, 6) is 0.128. The van der Waals surface area contributed by atoms with Gasteiger partial charge >= 0.3 is 0 Å². The molecule has 0 atom stereocenters. The van der Waals surface area contributed by atoms with Crippen LogP contribution in [0.25, 0.3) is 0 Å². The number of rotatable bonds is 5. The SMILES string of the molecule is C=CCN(Cc1ccccc1)C(=O)c1cc2c(s1)CCCC2. The topological polar surface area (TPSA) is 20.3 Å². The molecule has 1 amide bonds. The van der Waals surface area contributed by atoms with E-state index in [0.717, 1.165) is 23.3 Å². The van der Waals surface area contributed by atoms with E-state index in [1.807, 2.05) is 23.1 Å². The van der Waals surface area contributed by atoms with Crippen molar-refractivity contribution in [2.75, 3.05) is 6.54 Å². The van der Waals surface area contributed by atoms with E-state index in [2.05, 4.69) is 24.8 Å². The Balaban J connectivity index is 1.80. The smallest absolute Gasteiger partial charge is 0.264 e. The van der Waals surface area contributed by atoms with Crippen molar-refractivity contribution >= 4 is 17.2 Å². The van der Waals surface area contributed by atoms with Crippen LogP contribution in [0.2, 0.25) is 0 Å². The molecular weight excluding hydrogens is 290 g/mol. The summed E-state index contributed by atoms with van der Waals surface area (Å²) in [5, 5.41) is 0. The van der Waals surface area contributed by atoms with Gasteiger partial charge in [-0.3, -0.25) is 4.79 Å². The van der Waals surface area contributed by atoms with Crippen LogP contribution in [0.1, 0.15) is 38.5 Å². The lowest BCUT2D eigenvalue weighted by atomic mass is 9.99. The molecule has 1 aliphatic rings. The van der Waals surface area contributed by atoms with Gasteiger partial charge in [0, 0.05) is 18.0 Å². The minimum atomic E-state index is 0.128. The molecule has 1 aromatic carbocycles. The van der Waals surface area contributed by atoms with Crippen molar-refractivity contribution in [3.05, 3.63) is 69.9 Å². The van der Waals surface area contributed by atoms with Gasteiger partial charge in [0.1, 0.15) is 0 Å². The first-order chi connectivity index (χ1) is 10.8. The molecule has 114 valence electrons. The summed E-state index contributed by atoms with van der Waals surface area (Å²) >= 11 is 1.68. The highest BCUT2D eigenvalue weighted by molar-refractivity contribution is 7.14. The van der Waals surface area contributed by atoms with E-state index in [1.165, 1.54) is 23.3 Å². The molecule has 0 N–H and O–H groups in total. The summed E-state index contributed by atoms with van der Waals surface area (Å²) in [5.41, 5.74) is 2.54. The molecule has 0 unspecified atom stereocenters. The van der Waals surface area contributed by atoms with Gasteiger partial charge in [-0.05, 0) is 42.9 Å². The van der Waals surface area contributed by atoms with Crippen LogP contribution >= 0.6 is 11.3 Å². The summed E-state index contributed by atoms with van der Waals surface area (Å²) in [4.78, 5) is 17.0. The van der Waals surface area contributed by atoms with Crippen molar-refractivity contribution < 1.29 is 4.79 Å². The van der Waals surface area contributed by atoms with E-state index >= 15 is 0 Å². The summed E-state index contributed by atoms with van der Waals surface area (Å²) in [6.07, 6.45) is 6.56. The molecular formula is C19H21NOS. The largest absolute Gasteiger partial charge is 0.330 e. The highest BCUT2D eigenvalue weighted by Crippen LogP contribution is 2.30. The Morgan fingerprint density at radius 3 is 2.73 bits per heavy atom. The maximum Gasteiger partial charge on any atom is 0.264 e. The van der Waals surface area contributed by atoms with Crippen LogP contribution in [-0.4, -0.2) is 17.4 Å². The Morgan fingerprint density at radius 1 is 1.23 bits per heavy atom. The molecule has 1 aliphatic carbocycles. The minimum Gasteiger partial charge on any atom is -0.330 e. The number of hydrogen-bond acceptors (Lipinski definition) is 2. The molecule has 0 aliphatic heterocycles. The number of thiophene rings is 1. The molecule has 1 heterocycles. The summed E-state index contributed by atoms with van der Waals surface area (Å²) < 4.78 is 0. The third kappa shape index (κ3) is 3.30. The molecule has 0 radical (unpaired) electrons. The van der Waals surface area contributed by atoms with Crippen molar-refractivity contribution in [2.24, 2.45) is 0 Å². The van der Waals surface area contributed by atoms with E-state index < -0.39 is 0 Å². The average molecular weight is 311 g/mol. The fourth-order valence-corrected chi connectivity index (χ4v) is 4.15. The molecule has 3 heteroatoms. The third-order valence-electron chi connectivity index (χ3n) is 4.06. The lowest BCUT2D eigenvalue weighted by Gasteiger charge is -2.20. The van der Waals surface area contributed by atoms with Crippen LogP contribution < -0.4 is 0 Å². The number of benzene rings is 1. The number of aryl methyl sites for hydroxylation is 2. The third-order valence-corrected chi connectivity index (χ3v) is 5.29. The monoisotopic (exact) mass is 311 g/mol. The van der Waals surface area contributed by atoms with Crippen LogP contribution in [0, 0.1) is 0 Å². The molecule has 0 fully saturated rings. The van der Waals surface area contributed by atoms with Crippen LogP contribution in [0.5, 0.6) is 0 Å². The van der Waals surface area contributed by atoms with Crippen molar-refractivity contribution in [3.8, 4) is 0 Å². The maximum absolute atomic E-state index is 12.8. The quantitative estimate of drug-likeness (QED) is 0.747. The standard InChI is InChI=1S/C19H21NOS/c1-2-12-20(14-15-8-4-3-5-9-15)19(21)18-13-16-10-6-7-11-17(16)22-18/h2-5,8-9,13H,1,6-7,10-12,14H2. The number of fused-ring (bicyclic) bond motifs is 1. The van der Waals surface area contributed by atoms with Gasteiger partial charge in [-0.1, -0.05) is 36.4 Å². The molecule has 2 nitrogen and oxygen atoms in total. The molecule has 1 aromatic heterocycles. The zero-order valence-electron chi connectivity index (χ0n) is 12.8. The zero-order valence-corrected chi connectivity index (χ0v) is 13.6. The van der Waals surface area contributed by atoms with Crippen LogP contribution in [0.3, 0.4) is 0 Å². The summed E-state index contributed by atoms with van der Waals surface area (Å²) in [6.45, 7) is 5.01. The molecule has 0 saturated heterocycles. The molecule has 2 aromatic rings. The second-order valence-electron chi connectivity index (χ2n) is 5.73. The van der Waals surface area contributed by atoms with Crippen LogP contribution in [0.15, 0.2) is 49.1 Å². The zero-order chi connectivity index (χ0) is 15.4. The molecule has 0 bridgehead atoms. The Hall–Kier alpha value is -1.87. The van der Waals surface area contributed by atoms with E-state index in [1.54, 1.807) is 17.4 Å². The van der Waals surface area contributed by atoms with Gasteiger partial charge in [0.2, 0.25) is 0 Å². The summed E-state index contributed by atoms with van der Waals surface area (Å²) in [7, 11) is 0. The predicted octanol–water partition coefficient (Wildman–Crippen LogP) is 4.46. The van der Waals surface area contributed by atoms with Crippen molar-refractivity contribution in [3.63, 3.8) is 0 Å². The Labute approximate surface area is 136 Å². The van der Waals surface area contributed by atoms with Crippen molar-refractivity contribution in [1.82, 2.24) is 4.90 Å². The Bertz CT molecular complexity index is 636. The van der Waals surface area contributed by atoms with Gasteiger partial charge in [-0.2, -0.15) is 0 Å². The van der Waals surface area contributed by atoms with Gasteiger partial charge in [-0.25, -0.2) is 0 Å². The van der Waals surface area contributed by atoms with Gasteiger partial charge < -0.3 is 4.90 Å². The summed E-state index contributed by atoms with van der Waals surface area (Å²) in [6, 6.07) is 12.2. The second-order valence-corrected chi connectivity index (χ2v) is 6.86. The van der Waals surface area contributed by atoms with Gasteiger partial charge in [0.25, 0.3) is 5.91 Å². The minimum absolute atomic E-state index is 0.128. The first kappa shape index (κ1) is 15.0. The molecule has 0 spiro atoms. The lowest BCUT2D eigenvalue weighted by molar-refractivity contribution is 0.0767. The molecule has 0 saturated carbocycles. The first-order valence-corrected chi connectivity index (χ1v) is 8.65. The number of carbonyl (C=O) groups excluding carboxylic acids is 1. The Morgan fingerprint density at radius 2 is 2.00 bits per heavy atom. The molecule has 22 heavy (non-hydrogen) atoms. The lowest BCUT2D eigenvalue weighted by Crippen LogP contribution is -2.30.